The van der Waals surface area contributed by atoms with Crippen molar-refractivity contribution in [2.45, 2.75) is 46.0 Å². The molecular weight excluding hydrogens is 332 g/mol. The topological polar surface area (TPSA) is 63.8 Å². The van der Waals surface area contributed by atoms with E-state index < -0.39 is 0 Å². The van der Waals surface area contributed by atoms with Crippen molar-refractivity contribution < 1.29 is 14.4 Å². The van der Waals surface area contributed by atoms with E-state index in [1.807, 2.05) is 19.1 Å². The van der Waals surface area contributed by atoms with Crippen molar-refractivity contribution in [2.24, 2.45) is 17.0 Å². The molecule has 0 saturated heterocycles. The van der Waals surface area contributed by atoms with Gasteiger partial charge in [0.05, 0.1) is 6.07 Å². The molecule has 1 aliphatic carbocycles. The number of allylic oxidation sites excluding steroid dienone is 2. The number of hydrogen-bond donors (Lipinski definition) is 0. The zero-order valence-electron chi connectivity index (χ0n) is 13.5. The molecule has 1 heterocycles. The summed E-state index contributed by atoms with van der Waals surface area (Å²) in [6.07, 6.45) is 9.51. The molecule has 1 fully saturated rings. The van der Waals surface area contributed by atoms with Crippen LogP contribution in [0.5, 0.6) is 0 Å². The van der Waals surface area contributed by atoms with Crippen LogP contribution in [0.25, 0.3) is 0 Å². The second-order valence-electron chi connectivity index (χ2n) is 5.66. The highest BCUT2D eigenvalue weighted by Crippen LogP contribution is 2.40. The van der Waals surface area contributed by atoms with Crippen molar-refractivity contribution >= 4 is 28.8 Å². The monoisotopic (exact) mass is 354 g/mol. The highest BCUT2D eigenvalue weighted by atomic mass is 32.2. The van der Waals surface area contributed by atoms with Gasteiger partial charge in [0.25, 0.3) is 0 Å². The summed E-state index contributed by atoms with van der Waals surface area (Å²) in [5.74, 6) is 1.74. The molecule has 1 aliphatic heterocycles. The first kappa shape index (κ1) is 18.4. The second-order valence-corrected chi connectivity index (χ2v) is 7.50. The van der Waals surface area contributed by atoms with Crippen LogP contribution in [0.3, 0.4) is 0 Å². The predicted octanol–water partition coefficient (Wildman–Crippen LogP) is 5.14. The van der Waals surface area contributed by atoms with Gasteiger partial charge < -0.3 is 0 Å². The first-order valence-corrected chi connectivity index (χ1v) is 9.69. The summed E-state index contributed by atoms with van der Waals surface area (Å²) in [5.41, 5.74) is 0.874. The van der Waals surface area contributed by atoms with E-state index in [1.165, 1.54) is 43.1 Å². The Morgan fingerprint density at radius 2 is 2.26 bits per heavy atom. The largest absolute Gasteiger partial charge is 0.193 e. The minimum absolute atomic E-state index is 0.353. The van der Waals surface area contributed by atoms with Gasteiger partial charge >= 0.3 is 0 Å². The Morgan fingerprint density at radius 1 is 1.43 bits per heavy atom. The van der Waals surface area contributed by atoms with Gasteiger partial charge in [-0.1, -0.05) is 44.9 Å². The van der Waals surface area contributed by atoms with Gasteiger partial charge in [-0.25, -0.2) is 0 Å². The van der Waals surface area contributed by atoms with Crippen LogP contribution in [0.2, 0.25) is 0 Å². The maximum absolute atomic E-state index is 9.57. The van der Waals surface area contributed by atoms with Crippen LogP contribution in [0.15, 0.2) is 27.8 Å². The van der Waals surface area contributed by atoms with E-state index in [0.717, 1.165) is 29.1 Å². The van der Waals surface area contributed by atoms with Crippen molar-refractivity contribution in [1.29, 1.82) is 5.26 Å². The molecule has 0 amide bonds. The highest BCUT2D eigenvalue weighted by Gasteiger charge is 2.28. The lowest BCUT2D eigenvalue weighted by molar-refractivity contribution is -0.461. The second kappa shape index (κ2) is 10.0. The van der Waals surface area contributed by atoms with E-state index in [-0.39, 0.29) is 0 Å². The van der Waals surface area contributed by atoms with E-state index in [1.54, 1.807) is 0 Å². The molecule has 23 heavy (non-hydrogen) atoms. The maximum atomic E-state index is 9.57. The van der Waals surface area contributed by atoms with Gasteiger partial charge in [0.15, 0.2) is 0 Å². The first-order valence-electron chi connectivity index (χ1n) is 7.96. The summed E-state index contributed by atoms with van der Waals surface area (Å²) in [6, 6.07) is 2.41. The summed E-state index contributed by atoms with van der Waals surface area (Å²) >= 11 is 2.61. The molecule has 0 N–H and O–H groups in total. The van der Waals surface area contributed by atoms with E-state index in [4.69, 9.17) is 4.33 Å². The summed E-state index contributed by atoms with van der Waals surface area (Å²) in [7, 11) is 0. The van der Waals surface area contributed by atoms with Gasteiger partial charge in [0.2, 0.25) is 0 Å². The normalized spacial score (nSPS) is 28.0. The molecule has 0 radical (unpaired) electrons. The molecule has 2 aliphatic rings. The Labute approximate surface area is 146 Å². The molecule has 5 nitrogen and oxygen atoms in total. The molecule has 0 aromatic heterocycles. The van der Waals surface area contributed by atoms with E-state index in [2.05, 4.69) is 28.2 Å². The number of nitrogens with zero attached hydrogens (tertiary/aromatic N) is 2. The molecule has 0 spiro atoms. The average molecular weight is 354 g/mol. The van der Waals surface area contributed by atoms with Crippen LogP contribution in [0.4, 0.5) is 0 Å². The number of hydrogen-bond acceptors (Lipinski definition) is 7. The minimum Gasteiger partial charge on any atom is -0.193 e. The van der Waals surface area contributed by atoms with E-state index in [9.17, 15) is 5.26 Å². The van der Waals surface area contributed by atoms with Crippen LogP contribution in [0.1, 0.15) is 46.0 Å². The standard InChI is InChI=1S/C16H22N2O3S2/c1-3-10-22-21-20-19-18-16-9-8-15(23-16)14(11-17)13-7-5-4-6-12(13)2/h8-9,12-13H,3-7,10H2,1-2H3/b15-14-,18-16+. The zero-order valence-corrected chi connectivity index (χ0v) is 15.1. The number of nitriles is 1. The lowest BCUT2D eigenvalue weighted by atomic mass is 9.76. The third-order valence-electron chi connectivity index (χ3n) is 3.98. The van der Waals surface area contributed by atoms with Crippen LogP contribution >= 0.6 is 23.8 Å². The van der Waals surface area contributed by atoms with Gasteiger partial charge in [0, 0.05) is 33.3 Å². The van der Waals surface area contributed by atoms with Gasteiger partial charge in [-0.15, -0.1) is 4.33 Å². The van der Waals surface area contributed by atoms with Gasteiger partial charge in [-0.2, -0.15) is 10.3 Å². The molecule has 0 bridgehead atoms. The Morgan fingerprint density at radius 3 is 3.00 bits per heavy atom. The quantitative estimate of drug-likeness (QED) is 0.207. The third-order valence-corrected chi connectivity index (χ3v) is 5.70. The molecular formula is C16H22N2O3S2. The summed E-state index contributed by atoms with van der Waals surface area (Å²) in [6.45, 7) is 4.29. The predicted molar refractivity (Wildman–Crippen MR) is 93.9 cm³/mol. The lowest BCUT2D eigenvalue weighted by Crippen LogP contribution is -2.18. The fraction of sp³-hybridized carbons (Fsp3) is 0.625. The molecule has 2 unspecified atom stereocenters. The highest BCUT2D eigenvalue weighted by molar-refractivity contribution is 8.18. The molecule has 2 atom stereocenters. The van der Waals surface area contributed by atoms with E-state index >= 15 is 0 Å². The number of thioether (sulfide) groups is 1. The zero-order chi connectivity index (χ0) is 16.5. The lowest BCUT2D eigenvalue weighted by Gasteiger charge is -2.28. The molecule has 2 rings (SSSR count). The summed E-state index contributed by atoms with van der Waals surface area (Å²) in [5, 5.41) is 18.6. The Kier molecular flexibility index (Phi) is 8.03. The van der Waals surface area contributed by atoms with Crippen LogP contribution in [0, 0.1) is 23.2 Å². The third kappa shape index (κ3) is 5.57. The van der Waals surface area contributed by atoms with Gasteiger partial charge in [0.1, 0.15) is 5.04 Å². The smallest absolute Gasteiger partial charge is 0.144 e. The Hall–Kier alpha value is -0.940. The van der Waals surface area contributed by atoms with Crippen molar-refractivity contribution in [3.63, 3.8) is 0 Å². The molecule has 0 aromatic carbocycles. The molecule has 0 aromatic rings. The summed E-state index contributed by atoms with van der Waals surface area (Å²) in [4.78, 5) is 5.63. The fourth-order valence-corrected chi connectivity index (χ4v) is 3.96. The minimum atomic E-state index is 0.353. The maximum Gasteiger partial charge on any atom is 0.144 e. The number of rotatable bonds is 7. The van der Waals surface area contributed by atoms with Crippen LogP contribution in [-0.2, 0) is 14.4 Å². The fourth-order valence-electron chi connectivity index (χ4n) is 2.79. The van der Waals surface area contributed by atoms with Crippen LogP contribution in [-0.4, -0.2) is 10.8 Å². The summed E-state index contributed by atoms with van der Waals surface area (Å²) < 4.78 is 4.73. The van der Waals surface area contributed by atoms with E-state index in [0.29, 0.717) is 16.9 Å². The van der Waals surface area contributed by atoms with Gasteiger partial charge in [-0.05, 0) is 42.0 Å². The van der Waals surface area contributed by atoms with Crippen molar-refractivity contribution in [1.82, 2.24) is 0 Å². The number of oxime groups is 1. The average Bonchev–Trinajstić information content (AvgIpc) is 3.02. The molecule has 1 saturated carbocycles. The Balaban J connectivity index is 1.89. The first-order chi connectivity index (χ1) is 11.3. The van der Waals surface area contributed by atoms with Crippen molar-refractivity contribution in [3.05, 3.63) is 22.6 Å². The molecule has 126 valence electrons. The van der Waals surface area contributed by atoms with Gasteiger partial charge in [-0.3, -0.25) is 0 Å². The molecule has 7 heteroatoms. The van der Waals surface area contributed by atoms with Crippen LogP contribution < -0.4 is 0 Å². The SMILES string of the molecule is CCCSOOO/N=C1C=C/C(=C(\C#N)C2CCCCC2C)S\1. The Bertz CT molecular complexity index is 526. The van der Waals surface area contributed by atoms with Crippen molar-refractivity contribution in [3.8, 4) is 6.07 Å². The van der Waals surface area contributed by atoms with Crippen molar-refractivity contribution in [2.75, 3.05) is 5.75 Å².